The van der Waals surface area contributed by atoms with Crippen LogP contribution in [0.15, 0.2) is 53.4 Å². The quantitative estimate of drug-likeness (QED) is 0.601. The monoisotopic (exact) mass is 333 g/mol. The number of nitrogens with one attached hydrogen (secondary N) is 1. The molecule has 0 fully saturated rings. The Labute approximate surface area is 138 Å². The summed E-state index contributed by atoms with van der Waals surface area (Å²) in [5, 5.41) is 0. The molecule has 2 aromatic rings. The third kappa shape index (κ3) is 5.06. The van der Waals surface area contributed by atoms with Gasteiger partial charge in [0.15, 0.2) is 0 Å². The van der Waals surface area contributed by atoms with E-state index in [1.165, 1.54) is 0 Å². The number of hydrogen-bond donors (Lipinski definition) is 2. The van der Waals surface area contributed by atoms with Gasteiger partial charge in [-0.15, -0.1) is 0 Å². The Bertz CT molecular complexity index is 741. The van der Waals surface area contributed by atoms with Crippen molar-refractivity contribution < 1.29 is 8.42 Å². The number of rotatable bonds is 7. The molecule has 124 valence electrons. The Morgan fingerprint density at radius 1 is 1.04 bits per heavy atom. The lowest BCUT2D eigenvalue weighted by Crippen LogP contribution is -2.27. The number of nitrogens with zero attached hydrogens (tertiary/aromatic N) is 1. The van der Waals surface area contributed by atoms with Crippen LogP contribution < -0.4 is 10.5 Å². The molecule has 3 N–H and O–H groups in total. The molecule has 0 aliphatic carbocycles. The Balaban J connectivity index is 2.06. The zero-order valence-corrected chi connectivity index (χ0v) is 14.3. The van der Waals surface area contributed by atoms with Crippen molar-refractivity contribution in [2.45, 2.75) is 11.3 Å². The Hall–Kier alpha value is -1.89. The Kier molecular flexibility index (Phi) is 5.76. The summed E-state index contributed by atoms with van der Waals surface area (Å²) in [7, 11) is 0.465. The van der Waals surface area contributed by atoms with Crippen LogP contribution in [-0.4, -0.2) is 40.5 Å². The predicted molar refractivity (Wildman–Crippen MR) is 94.6 cm³/mol. The van der Waals surface area contributed by atoms with Crippen molar-refractivity contribution in [3.05, 3.63) is 48.5 Å². The molecule has 0 spiro atoms. The van der Waals surface area contributed by atoms with E-state index in [2.05, 4.69) is 4.72 Å². The first-order valence-electron chi connectivity index (χ1n) is 7.49. The molecule has 6 heteroatoms. The van der Waals surface area contributed by atoms with E-state index >= 15 is 0 Å². The molecule has 0 amide bonds. The zero-order valence-electron chi connectivity index (χ0n) is 13.5. The van der Waals surface area contributed by atoms with Gasteiger partial charge in [0.2, 0.25) is 10.0 Å². The third-order valence-corrected chi connectivity index (χ3v) is 4.94. The van der Waals surface area contributed by atoms with Crippen molar-refractivity contribution in [1.82, 2.24) is 9.62 Å². The molecule has 5 nitrogen and oxygen atoms in total. The van der Waals surface area contributed by atoms with Crippen molar-refractivity contribution in [1.29, 1.82) is 0 Å². The maximum atomic E-state index is 12.2. The van der Waals surface area contributed by atoms with Gasteiger partial charge < -0.3 is 10.6 Å². The summed E-state index contributed by atoms with van der Waals surface area (Å²) in [6, 6.07) is 14.3. The van der Waals surface area contributed by atoms with Gasteiger partial charge in [0.05, 0.1) is 4.90 Å². The molecule has 0 radical (unpaired) electrons. The van der Waals surface area contributed by atoms with Crippen LogP contribution in [0.1, 0.15) is 6.42 Å². The summed E-state index contributed by atoms with van der Waals surface area (Å²) in [5.74, 6) is 0. The van der Waals surface area contributed by atoms with Crippen LogP contribution in [-0.2, 0) is 10.0 Å². The highest BCUT2D eigenvalue weighted by Gasteiger charge is 2.13. The second-order valence-corrected chi connectivity index (χ2v) is 7.47. The molecule has 0 aliphatic heterocycles. The number of sulfonamides is 1. The first kappa shape index (κ1) is 17.5. The highest BCUT2D eigenvalue weighted by molar-refractivity contribution is 7.89. The zero-order chi connectivity index (χ0) is 16.9. The van der Waals surface area contributed by atoms with Crippen LogP contribution in [0.5, 0.6) is 0 Å². The van der Waals surface area contributed by atoms with Gasteiger partial charge in [-0.2, -0.15) is 0 Å². The molecule has 0 heterocycles. The van der Waals surface area contributed by atoms with E-state index in [0.29, 0.717) is 12.2 Å². The van der Waals surface area contributed by atoms with Crippen molar-refractivity contribution in [2.24, 2.45) is 0 Å². The average Bonchev–Trinajstić information content (AvgIpc) is 2.52. The molecular formula is C17H23N3O2S. The van der Waals surface area contributed by atoms with Crippen LogP contribution in [0.2, 0.25) is 0 Å². The maximum absolute atomic E-state index is 12.2. The van der Waals surface area contributed by atoms with E-state index in [9.17, 15) is 8.42 Å². The number of nitrogens with two attached hydrogens (primary N) is 1. The summed E-state index contributed by atoms with van der Waals surface area (Å²) in [4.78, 5) is 2.30. The van der Waals surface area contributed by atoms with Gasteiger partial charge in [0, 0.05) is 12.2 Å². The fraction of sp³-hybridized carbons (Fsp3) is 0.294. The fourth-order valence-corrected chi connectivity index (χ4v) is 3.30. The molecule has 2 rings (SSSR count). The molecule has 0 unspecified atom stereocenters. The van der Waals surface area contributed by atoms with E-state index in [4.69, 9.17) is 5.73 Å². The average molecular weight is 333 g/mol. The summed E-state index contributed by atoms with van der Waals surface area (Å²) in [6.45, 7) is 1.27. The second kappa shape index (κ2) is 7.59. The predicted octanol–water partition coefficient (Wildman–Crippen LogP) is 2.17. The van der Waals surface area contributed by atoms with Crippen molar-refractivity contribution in [3.63, 3.8) is 0 Å². The van der Waals surface area contributed by atoms with Crippen molar-refractivity contribution in [3.8, 4) is 11.1 Å². The Morgan fingerprint density at radius 2 is 1.74 bits per heavy atom. The molecule has 0 bridgehead atoms. The number of anilines is 1. The second-order valence-electron chi connectivity index (χ2n) is 5.70. The van der Waals surface area contributed by atoms with Crippen molar-refractivity contribution >= 4 is 15.7 Å². The minimum Gasteiger partial charge on any atom is -0.399 e. The normalized spacial score (nSPS) is 11.8. The largest absolute Gasteiger partial charge is 0.399 e. The lowest BCUT2D eigenvalue weighted by Gasteiger charge is -2.11. The van der Waals surface area contributed by atoms with E-state index in [1.54, 1.807) is 24.3 Å². The minimum absolute atomic E-state index is 0.273. The Morgan fingerprint density at radius 3 is 2.35 bits per heavy atom. The van der Waals surface area contributed by atoms with Gasteiger partial charge in [0.25, 0.3) is 0 Å². The topological polar surface area (TPSA) is 75.4 Å². The molecule has 0 saturated carbocycles. The van der Waals surface area contributed by atoms with Gasteiger partial charge in [-0.3, -0.25) is 0 Å². The number of nitrogen functional groups attached to an aromatic ring is 1. The summed E-state index contributed by atoms with van der Waals surface area (Å²) < 4.78 is 27.1. The van der Waals surface area contributed by atoms with E-state index in [1.807, 2.05) is 43.3 Å². The highest BCUT2D eigenvalue weighted by Crippen LogP contribution is 2.23. The van der Waals surface area contributed by atoms with Gasteiger partial charge in [-0.05, 0) is 62.5 Å². The molecular weight excluding hydrogens is 310 g/mol. The minimum atomic E-state index is -3.46. The van der Waals surface area contributed by atoms with E-state index in [0.717, 1.165) is 24.1 Å². The molecule has 23 heavy (non-hydrogen) atoms. The van der Waals surface area contributed by atoms with Gasteiger partial charge in [-0.25, -0.2) is 13.1 Å². The number of benzene rings is 2. The van der Waals surface area contributed by atoms with Gasteiger partial charge >= 0.3 is 0 Å². The highest BCUT2D eigenvalue weighted by atomic mass is 32.2. The summed E-state index contributed by atoms with van der Waals surface area (Å²) in [6.07, 6.45) is 0.771. The van der Waals surface area contributed by atoms with Gasteiger partial charge in [-0.1, -0.05) is 24.3 Å². The van der Waals surface area contributed by atoms with Gasteiger partial charge in [0.1, 0.15) is 0 Å². The smallest absolute Gasteiger partial charge is 0.240 e. The lowest BCUT2D eigenvalue weighted by molar-refractivity contribution is 0.400. The standard InChI is InChI=1S/C17H23N3O2S/c1-20(2)12-4-11-19-23(21,22)17-9-7-14(8-10-17)15-5-3-6-16(18)13-15/h3,5-10,13,19H,4,11-12,18H2,1-2H3. The lowest BCUT2D eigenvalue weighted by atomic mass is 10.1. The SMILES string of the molecule is CN(C)CCCNS(=O)(=O)c1ccc(-c2cccc(N)c2)cc1. The summed E-state index contributed by atoms with van der Waals surface area (Å²) >= 11 is 0. The number of hydrogen-bond acceptors (Lipinski definition) is 4. The van der Waals surface area contributed by atoms with Crippen LogP contribution in [0.25, 0.3) is 11.1 Å². The van der Waals surface area contributed by atoms with Crippen molar-refractivity contribution in [2.75, 3.05) is 32.9 Å². The first-order valence-corrected chi connectivity index (χ1v) is 8.97. The van der Waals surface area contributed by atoms with Crippen LogP contribution in [0, 0.1) is 0 Å². The van der Waals surface area contributed by atoms with Crippen LogP contribution in [0.4, 0.5) is 5.69 Å². The maximum Gasteiger partial charge on any atom is 0.240 e. The van der Waals surface area contributed by atoms with E-state index < -0.39 is 10.0 Å². The molecule has 0 aromatic heterocycles. The molecule has 2 aromatic carbocycles. The van der Waals surface area contributed by atoms with Crippen LogP contribution >= 0.6 is 0 Å². The van der Waals surface area contributed by atoms with Crippen LogP contribution in [0.3, 0.4) is 0 Å². The molecule has 0 aliphatic rings. The fourth-order valence-electron chi connectivity index (χ4n) is 2.23. The summed E-state index contributed by atoms with van der Waals surface area (Å²) in [5.41, 5.74) is 8.36. The first-order chi connectivity index (χ1) is 10.9. The third-order valence-electron chi connectivity index (χ3n) is 3.46. The van der Waals surface area contributed by atoms with E-state index in [-0.39, 0.29) is 4.90 Å². The molecule has 0 atom stereocenters. The molecule has 0 saturated heterocycles.